The molecule has 1 atom stereocenters. The van der Waals surface area contributed by atoms with E-state index in [1.54, 1.807) is 6.07 Å². The fourth-order valence-electron chi connectivity index (χ4n) is 3.21. The zero-order chi connectivity index (χ0) is 21.2. The van der Waals surface area contributed by atoms with E-state index in [-0.39, 0.29) is 29.0 Å². The summed E-state index contributed by atoms with van der Waals surface area (Å²) in [5, 5.41) is 2.92. The molecule has 1 aliphatic carbocycles. The molecule has 8 heteroatoms. The van der Waals surface area contributed by atoms with Crippen molar-refractivity contribution in [2.24, 2.45) is 0 Å². The average molecular weight is 411 g/mol. The van der Waals surface area contributed by atoms with Crippen LogP contribution in [-0.4, -0.2) is 37.7 Å². The molecule has 0 aliphatic heterocycles. The molecular formula is C21H27F2NO5. The number of nitrogens with one attached hydrogen (secondary N) is 1. The van der Waals surface area contributed by atoms with Crippen LogP contribution >= 0.6 is 0 Å². The minimum absolute atomic E-state index is 0.104. The lowest BCUT2D eigenvalue weighted by molar-refractivity contribution is -0.150. The Bertz CT molecular complexity index is 715. The third kappa shape index (κ3) is 7.36. The lowest BCUT2D eigenvalue weighted by Gasteiger charge is -2.19. The molecule has 0 heterocycles. The summed E-state index contributed by atoms with van der Waals surface area (Å²) in [5.74, 6) is -1.19. The second kappa shape index (κ2) is 11.4. The zero-order valence-corrected chi connectivity index (χ0v) is 16.7. The Balaban J connectivity index is 1.95. The number of hydrogen-bond acceptors (Lipinski definition) is 5. The molecular weight excluding hydrogens is 384 g/mol. The predicted molar refractivity (Wildman–Crippen MR) is 104 cm³/mol. The first-order valence-corrected chi connectivity index (χ1v) is 9.71. The van der Waals surface area contributed by atoms with Gasteiger partial charge in [-0.1, -0.05) is 37.8 Å². The van der Waals surface area contributed by atoms with Crippen molar-refractivity contribution in [3.8, 4) is 11.5 Å². The van der Waals surface area contributed by atoms with E-state index in [4.69, 9.17) is 9.47 Å². The van der Waals surface area contributed by atoms with E-state index in [0.717, 1.165) is 31.8 Å². The quantitative estimate of drug-likeness (QED) is 0.396. The van der Waals surface area contributed by atoms with Crippen molar-refractivity contribution in [1.82, 2.24) is 5.32 Å². The Morgan fingerprint density at radius 2 is 1.86 bits per heavy atom. The van der Waals surface area contributed by atoms with Crippen molar-refractivity contribution < 1.29 is 32.6 Å². The molecule has 1 aliphatic rings. The Labute approximate surface area is 169 Å². The molecule has 0 radical (unpaired) electrons. The number of carbonyl (C=O) groups is 2. The van der Waals surface area contributed by atoms with Crippen molar-refractivity contribution in [3.05, 3.63) is 29.8 Å². The smallest absolute Gasteiger partial charge is 0.387 e. The molecule has 1 aromatic carbocycles. The molecule has 0 unspecified atom stereocenters. The first kappa shape index (κ1) is 22.6. The van der Waals surface area contributed by atoms with E-state index in [1.165, 1.54) is 45.1 Å². The van der Waals surface area contributed by atoms with Gasteiger partial charge in [-0.3, -0.25) is 4.79 Å². The van der Waals surface area contributed by atoms with Crippen LogP contribution in [-0.2, 0) is 14.3 Å². The largest absolute Gasteiger partial charge is 0.493 e. The molecule has 160 valence electrons. The molecule has 0 aromatic heterocycles. The third-order valence-electron chi connectivity index (χ3n) is 4.70. The van der Waals surface area contributed by atoms with Crippen molar-refractivity contribution in [2.75, 3.05) is 7.11 Å². The van der Waals surface area contributed by atoms with Crippen molar-refractivity contribution in [2.45, 2.75) is 64.2 Å². The summed E-state index contributed by atoms with van der Waals surface area (Å²) in [5.41, 5.74) is 0.220. The Hall–Kier alpha value is -2.64. The number of rotatable bonds is 8. The summed E-state index contributed by atoms with van der Waals surface area (Å²) >= 11 is 0. The number of para-hydroxylation sites is 1. The maximum Gasteiger partial charge on any atom is 0.387 e. The van der Waals surface area contributed by atoms with Crippen LogP contribution in [0.5, 0.6) is 11.5 Å². The van der Waals surface area contributed by atoms with Crippen LogP contribution in [0.1, 0.15) is 51.0 Å². The molecule has 1 N–H and O–H groups in total. The third-order valence-corrected chi connectivity index (χ3v) is 4.70. The van der Waals surface area contributed by atoms with E-state index in [9.17, 15) is 18.4 Å². The van der Waals surface area contributed by atoms with Crippen LogP contribution in [0.4, 0.5) is 8.78 Å². The van der Waals surface area contributed by atoms with Gasteiger partial charge >= 0.3 is 12.6 Å². The van der Waals surface area contributed by atoms with Gasteiger partial charge in [0.15, 0.2) is 17.6 Å². The van der Waals surface area contributed by atoms with Crippen molar-refractivity contribution in [3.63, 3.8) is 0 Å². The topological polar surface area (TPSA) is 73.9 Å². The first-order valence-electron chi connectivity index (χ1n) is 9.71. The highest BCUT2D eigenvalue weighted by Crippen LogP contribution is 2.33. The molecule has 1 fully saturated rings. The summed E-state index contributed by atoms with van der Waals surface area (Å²) in [4.78, 5) is 24.3. The van der Waals surface area contributed by atoms with Crippen LogP contribution in [0.15, 0.2) is 24.3 Å². The van der Waals surface area contributed by atoms with E-state index in [1.807, 2.05) is 0 Å². The summed E-state index contributed by atoms with van der Waals surface area (Å²) in [7, 11) is 1.32. The van der Waals surface area contributed by atoms with Crippen LogP contribution in [0.2, 0.25) is 0 Å². The monoisotopic (exact) mass is 411 g/mol. The Kier molecular flexibility index (Phi) is 8.89. The van der Waals surface area contributed by atoms with Gasteiger partial charge < -0.3 is 19.5 Å². The summed E-state index contributed by atoms with van der Waals surface area (Å²) < 4.78 is 39.9. The SMILES string of the molecule is COc1cccc(/C=C/C(=O)O[C@@H](C)C(=O)NC2CCCCCC2)c1OC(F)F. The fourth-order valence-corrected chi connectivity index (χ4v) is 3.21. The van der Waals surface area contributed by atoms with Gasteiger partial charge in [0.1, 0.15) is 0 Å². The van der Waals surface area contributed by atoms with Gasteiger partial charge in [-0.15, -0.1) is 0 Å². The maximum absolute atomic E-state index is 12.7. The Morgan fingerprint density at radius 3 is 2.48 bits per heavy atom. The summed E-state index contributed by atoms with van der Waals surface area (Å²) in [6.45, 7) is -1.55. The molecule has 1 saturated carbocycles. The minimum atomic E-state index is -3.04. The van der Waals surface area contributed by atoms with Crippen LogP contribution in [0, 0.1) is 0 Å². The summed E-state index contributed by atoms with van der Waals surface area (Å²) in [6, 6.07) is 4.64. The number of esters is 1. The molecule has 0 spiro atoms. The Morgan fingerprint density at radius 1 is 1.17 bits per heavy atom. The van der Waals surface area contributed by atoms with Gasteiger partial charge in [0.2, 0.25) is 0 Å². The molecule has 0 saturated heterocycles. The number of amides is 1. The molecule has 0 bridgehead atoms. The number of alkyl halides is 2. The van der Waals surface area contributed by atoms with Gasteiger partial charge in [-0.25, -0.2) is 4.79 Å². The number of methoxy groups -OCH3 is 1. The van der Waals surface area contributed by atoms with Crippen LogP contribution < -0.4 is 14.8 Å². The van der Waals surface area contributed by atoms with E-state index >= 15 is 0 Å². The molecule has 6 nitrogen and oxygen atoms in total. The normalized spacial score (nSPS) is 16.3. The van der Waals surface area contributed by atoms with Gasteiger partial charge in [0.05, 0.1) is 7.11 Å². The number of hydrogen-bond donors (Lipinski definition) is 1. The predicted octanol–water partition coefficient (Wildman–Crippen LogP) is 4.08. The summed E-state index contributed by atoms with van der Waals surface area (Å²) in [6.07, 6.45) is 7.71. The molecule has 1 aromatic rings. The van der Waals surface area contributed by atoms with E-state index in [0.29, 0.717) is 0 Å². The van der Waals surface area contributed by atoms with Gasteiger partial charge in [0, 0.05) is 17.7 Å². The van der Waals surface area contributed by atoms with E-state index < -0.39 is 18.7 Å². The molecule has 1 amide bonds. The lowest BCUT2D eigenvalue weighted by Crippen LogP contribution is -2.41. The maximum atomic E-state index is 12.7. The fraction of sp³-hybridized carbons (Fsp3) is 0.524. The highest BCUT2D eigenvalue weighted by Gasteiger charge is 2.21. The molecule has 29 heavy (non-hydrogen) atoms. The number of halogens is 2. The van der Waals surface area contributed by atoms with Crippen LogP contribution in [0.3, 0.4) is 0 Å². The van der Waals surface area contributed by atoms with E-state index in [2.05, 4.69) is 10.1 Å². The zero-order valence-electron chi connectivity index (χ0n) is 16.7. The van der Waals surface area contributed by atoms with Crippen molar-refractivity contribution >= 4 is 18.0 Å². The van der Waals surface area contributed by atoms with Gasteiger partial charge in [0.25, 0.3) is 5.91 Å². The van der Waals surface area contributed by atoms with Gasteiger partial charge in [-0.05, 0) is 31.9 Å². The second-order valence-electron chi connectivity index (χ2n) is 6.87. The lowest BCUT2D eigenvalue weighted by atomic mass is 10.1. The average Bonchev–Trinajstić information content (AvgIpc) is 2.95. The highest BCUT2D eigenvalue weighted by molar-refractivity contribution is 5.90. The van der Waals surface area contributed by atoms with Gasteiger partial charge in [-0.2, -0.15) is 8.78 Å². The van der Waals surface area contributed by atoms with Crippen LogP contribution in [0.25, 0.3) is 6.08 Å². The molecule has 2 rings (SSSR count). The van der Waals surface area contributed by atoms with Crippen molar-refractivity contribution in [1.29, 1.82) is 0 Å². The minimum Gasteiger partial charge on any atom is -0.493 e. The number of carbonyl (C=O) groups excluding carboxylic acids is 2. The number of ether oxygens (including phenoxy) is 3. The number of benzene rings is 1. The second-order valence-corrected chi connectivity index (χ2v) is 6.87. The first-order chi connectivity index (χ1) is 13.9. The standard InChI is InChI=1S/C21H27F2NO5/c1-14(20(26)24-16-9-5-3-4-6-10-16)28-18(25)13-12-15-8-7-11-17(27-2)19(15)29-21(22)23/h7-8,11-14,16,21H,3-6,9-10H2,1-2H3,(H,24,26)/b13-12+/t14-/m0/s1. The highest BCUT2D eigenvalue weighted by atomic mass is 19.3.